The maximum atomic E-state index is 13.2. The molecular formula is C19H15FN2O3S. The Labute approximate surface area is 150 Å². The third-order valence-electron chi connectivity index (χ3n) is 3.54. The van der Waals surface area contributed by atoms with E-state index in [1.807, 2.05) is 0 Å². The summed E-state index contributed by atoms with van der Waals surface area (Å²) in [4.78, 5) is 12.2. The number of sulfonamides is 1. The average Bonchev–Trinajstić information content (AvgIpc) is 2.62. The van der Waals surface area contributed by atoms with Gasteiger partial charge < -0.3 is 5.32 Å². The SMILES string of the molecule is O=C(Nc1cccc(F)c1)c1ccc(S(=O)(=O)Nc2ccccc2)cc1. The molecular weight excluding hydrogens is 355 g/mol. The molecule has 3 aromatic rings. The highest BCUT2D eigenvalue weighted by atomic mass is 32.2. The van der Waals surface area contributed by atoms with Crippen LogP contribution in [0.2, 0.25) is 0 Å². The van der Waals surface area contributed by atoms with E-state index in [0.717, 1.165) is 0 Å². The standard InChI is InChI=1S/C19H15FN2O3S/c20-15-5-4-8-17(13-15)21-19(23)14-9-11-18(12-10-14)26(24,25)22-16-6-2-1-3-7-16/h1-13,22H,(H,21,23). The van der Waals surface area contributed by atoms with Crippen LogP contribution < -0.4 is 10.0 Å². The van der Waals surface area contributed by atoms with Crippen LogP contribution in [0.3, 0.4) is 0 Å². The number of hydrogen-bond donors (Lipinski definition) is 2. The normalized spacial score (nSPS) is 11.0. The molecule has 3 rings (SSSR count). The molecule has 0 aliphatic heterocycles. The van der Waals surface area contributed by atoms with Gasteiger partial charge in [0, 0.05) is 16.9 Å². The minimum absolute atomic E-state index is 0.0312. The summed E-state index contributed by atoms with van der Waals surface area (Å²) in [5, 5.41) is 2.55. The predicted molar refractivity (Wildman–Crippen MR) is 98.0 cm³/mol. The van der Waals surface area contributed by atoms with Gasteiger partial charge in [-0.15, -0.1) is 0 Å². The predicted octanol–water partition coefficient (Wildman–Crippen LogP) is 3.88. The van der Waals surface area contributed by atoms with E-state index in [2.05, 4.69) is 10.0 Å². The van der Waals surface area contributed by atoms with E-state index in [1.54, 1.807) is 36.4 Å². The van der Waals surface area contributed by atoms with Crippen molar-refractivity contribution in [1.82, 2.24) is 0 Å². The van der Waals surface area contributed by atoms with Gasteiger partial charge in [-0.1, -0.05) is 24.3 Å². The van der Waals surface area contributed by atoms with Gasteiger partial charge in [0.15, 0.2) is 0 Å². The number of hydrogen-bond acceptors (Lipinski definition) is 3. The van der Waals surface area contributed by atoms with Gasteiger partial charge in [0.2, 0.25) is 0 Å². The number of carbonyl (C=O) groups is 1. The number of benzene rings is 3. The van der Waals surface area contributed by atoms with Gasteiger partial charge in [0.05, 0.1) is 4.90 Å². The first-order valence-electron chi connectivity index (χ1n) is 7.69. The summed E-state index contributed by atoms with van der Waals surface area (Å²) < 4.78 is 40.3. The largest absolute Gasteiger partial charge is 0.322 e. The second-order valence-electron chi connectivity index (χ2n) is 5.46. The zero-order valence-corrected chi connectivity index (χ0v) is 14.3. The van der Waals surface area contributed by atoms with Gasteiger partial charge in [0.1, 0.15) is 5.82 Å². The highest BCUT2D eigenvalue weighted by molar-refractivity contribution is 7.92. The first-order valence-corrected chi connectivity index (χ1v) is 9.17. The maximum Gasteiger partial charge on any atom is 0.261 e. The highest BCUT2D eigenvalue weighted by Crippen LogP contribution is 2.17. The third-order valence-corrected chi connectivity index (χ3v) is 4.93. The first-order chi connectivity index (χ1) is 12.4. The van der Waals surface area contributed by atoms with E-state index in [0.29, 0.717) is 11.4 Å². The summed E-state index contributed by atoms with van der Waals surface area (Å²) in [6.45, 7) is 0. The molecule has 0 aliphatic rings. The summed E-state index contributed by atoms with van der Waals surface area (Å²) in [5.41, 5.74) is 1.02. The van der Waals surface area contributed by atoms with E-state index in [1.165, 1.54) is 42.5 Å². The van der Waals surface area contributed by atoms with Crippen molar-refractivity contribution >= 4 is 27.3 Å². The second kappa shape index (κ2) is 7.37. The lowest BCUT2D eigenvalue weighted by Gasteiger charge is -2.09. The molecule has 0 bridgehead atoms. The highest BCUT2D eigenvalue weighted by Gasteiger charge is 2.15. The molecule has 0 aliphatic carbocycles. The Morgan fingerprint density at radius 1 is 0.808 bits per heavy atom. The fraction of sp³-hybridized carbons (Fsp3) is 0. The van der Waals surface area contributed by atoms with Gasteiger partial charge in [0.25, 0.3) is 15.9 Å². The van der Waals surface area contributed by atoms with Crippen molar-refractivity contribution in [2.45, 2.75) is 4.90 Å². The van der Waals surface area contributed by atoms with Crippen LogP contribution in [0.4, 0.5) is 15.8 Å². The Bertz CT molecular complexity index is 1020. The van der Waals surface area contributed by atoms with Crippen LogP contribution in [-0.4, -0.2) is 14.3 Å². The fourth-order valence-electron chi connectivity index (χ4n) is 2.28. The lowest BCUT2D eigenvalue weighted by atomic mass is 10.2. The fourth-order valence-corrected chi connectivity index (χ4v) is 3.33. The van der Waals surface area contributed by atoms with Crippen LogP contribution in [0, 0.1) is 5.82 Å². The third kappa shape index (κ3) is 4.25. The maximum absolute atomic E-state index is 13.2. The monoisotopic (exact) mass is 370 g/mol. The molecule has 5 nitrogen and oxygen atoms in total. The molecule has 0 fully saturated rings. The lowest BCUT2D eigenvalue weighted by Crippen LogP contribution is -2.14. The Hall–Kier alpha value is -3.19. The summed E-state index contributed by atoms with van der Waals surface area (Å²) in [6, 6.07) is 19.5. The van der Waals surface area contributed by atoms with Crippen LogP contribution in [0.1, 0.15) is 10.4 Å². The van der Waals surface area contributed by atoms with Gasteiger partial charge >= 0.3 is 0 Å². The number of carbonyl (C=O) groups excluding carboxylic acids is 1. The average molecular weight is 370 g/mol. The second-order valence-corrected chi connectivity index (χ2v) is 7.14. The van der Waals surface area contributed by atoms with Gasteiger partial charge in [-0.3, -0.25) is 9.52 Å². The number of nitrogens with one attached hydrogen (secondary N) is 2. The van der Waals surface area contributed by atoms with E-state index < -0.39 is 21.7 Å². The number of amides is 1. The summed E-state index contributed by atoms with van der Waals surface area (Å²) >= 11 is 0. The molecule has 1 amide bonds. The van der Waals surface area contributed by atoms with Crippen LogP contribution in [-0.2, 0) is 10.0 Å². The molecule has 7 heteroatoms. The Morgan fingerprint density at radius 2 is 1.46 bits per heavy atom. The number of anilines is 2. The molecule has 3 aromatic carbocycles. The van der Waals surface area contributed by atoms with E-state index in [9.17, 15) is 17.6 Å². The Kier molecular flexibility index (Phi) is 4.99. The molecule has 132 valence electrons. The summed E-state index contributed by atoms with van der Waals surface area (Å²) in [5.74, 6) is -0.924. The molecule has 0 unspecified atom stereocenters. The quantitative estimate of drug-likeness (QED) is 0.716. The molecule has 0 heterocycles. The minimum atomic E-state index is -3.75. The van der Waals surface area contributed by atoms with Gasteiger partial charge in [-0.25, -0.2) is 12.8 Å². The number of rotatable bonds is 5. The van der Waals surface area contributed by atoms with Crippen molar-refractivity contribution in [2.75, 3.05) is 10.0 Å². The molecule has 0 atom stereocenters. The molecule has 0 aromatic heterocycles. The van der Waals surface area contributed by atoms with Crippen molar-refractivity contribution in [3.05, 3.63) is 90.2 Å². The van der Waals surface area contributed by atoms with Crippen LogP contribution in [0.15, 0.2) is 83.8 Å². The topological polar surface area (TPSA) is 75.3 Å². The first kappa shape index (κ1) is 17.6. The molecule has 0 saturated carbocycles. The smallest absolute Gasteiger partial charge is 0.261 e. The Balaban J connectivity index is 1.74. The number of para-hydroxylation sites is 1. The zero-order chi connectivity index (χ0) is 18.6. The molecule has 26 heavy (non-hydrogen) atoms. The minimum Gasteiger partial charge on any atom is -0.322 e. The van der Waals surface area contributed by atoms with Crippen LogP contribution in [0.5, 0.6) is 0 Å². The van der Waals surface area contributed by atoms with Gasteiger partial charge in [-0.2, -0.15) is 0 Å². The van der Waals surface area contributed by atoms with Crippen LogP contribution in [0.25, 0.3) is 0 Å². The molecule has 0 spiro atoms. The van der Waals surface area contributed by atoms with E-state index in [4.69, 9.17) is 0 Å². The van der Waals surface area contributed by atoms with Gasteiger partial charge in [-0.05, 0) is 54.6 Å². The molecule has 0 radical (unpaired) electrons. The summed E-state index contributed by atoms with van der Waals surface area (Å²) in [6.07, 6.45) is 0. The Morgan fingerprint density at radius 3 is 2.12 bits per heavy atom. The van der Waals surface area contributed by atoms with E-state index in [-0.39, 0.29) is 10.5 Å². The molecule has 0 saturated heterocycles. The lowest BCUT2D eigenvalue weighted by molar-refractivity contribution is 0.102. The van der Waals surface area contributed by atoms with Crippen molar-refractivity contribution in [3.8, 4) is 0 Å². The zero-order valence-electron chi connectivity index (χ0n) is 13.5. The molecule has 2 N–H and O–H groups in total. The van der Waals surface area contributed by atoms with E-state index >= 15 is 0 Å². The van der Waals surface area contributed by atoms with Crippen molar-refractivity contribution < 1.29 is 17.6 Å². The summed E-state index contributed by atoms with van der Waals surface area (Å²) in [7, 11) is -3.75. The van der Waals surface area contributed by atoms with Crippen molar-refractivity contribution in [2.24, 2.45) is 0 Å². The van der Waals surface area contributed by atoms with Crippen molar-refractivity contribution in [1.29, 1.82) is 0 Å². The van der Waals surface area contributed by atoms with Crippen LogP contribution >= 0.6 is 0 Å². The number of halogens is 1. The van der Waals surface area contributed by atoms with Crippen molar-refractivity contribution in [3.63, 3.8) is 0 Å².